The summed E-state index contributed by atoms with van der Waals surface area (Å²) in [5.74, 6) is -3.47. The van der Waals surface area contributed by atoms with Crippen molar-refractivity contribution in [1.29, 1.82) is 0 Å². The largest absolute Gasteiger partial charge is 0.474 e. The first-order chi connectivity index (χ1) is 53.6. The number of hydrogen-bond acceptors (Lipinski definition) is 44. The molecule has 17 N–H and O–H groups in total. The van der Waals surface area contributed by atoms with Crippen molar-refractivity contribution in [1.82, 2.24) is 24.8 Å². The molecule has 2 aromatic rings. The van der Waals surface area contributed by atoms with E-state index in [0.717, 1.165) is 6.92 Å². The standard InChI is InChI=1S/C56H103N5O47P6/c1-32(2)107-113(81,82)96-20-42-38(13-43(103-42)61-26-59-44-35(5)57-25-58-52(44)61)108-114(83,84)102-28-86-19-37(14-62)18-85-27-98-112(79,80)97-24-56(21-87-29-99-109(73,74)93-10-7-90-53-33(3)46(67)48(69)39(15-63)104-53,22-88-30-100-110(75,76)94-11-8-91-54-34(4)47(68)49(70)40(16-64)105-54)23-89-31-101-111(77,78)95-12-9-92-55-45(60-36(6)66)51(72)50(71)41(17-65)106-55/h25-26,32-34,37-43,45-51,53-55,62-65,67-72H,7-24,27-31H2,1-6H3,(H,60,66)(H,73,74)(H,75,76)(H,77,78)(H,79,80)(H,81,82)(H,83,84)/t33?,34?,37?,38-,39?,40?,41?,42+,43+,45?,46+,47+,48-,49-,50-,51+,53+,54+,55+,56?/m0/s1. The lowest BCUT2D eigenvalue weighted by Crippen LogP contribution is -2.64. The third-order valence-electron chi connectivity index (χ3n) is 16.8. The summed E-state index contributed by atoms with van der Waals surface area (Å²) in [4.78, 5) is 88.2. The Kier molecular flexibility index (Phi) is 41.9. The molecule has 4 aliphatic rings. The molecular weight excluding hydrogens is 1680 g/mol. The Bertz CT molecular complexity index is 3420. The number of phosphoric ester groups is 6. The molecule has 0 saturated carbocycles. The molecule has 0 aliphatic carbocycles. The fraction of sp³-hybridized carbons (Fsp3) is 0.893. The Labute approximate surface area is 650 Å². The van der Waals surface area contributed by atoms with Gasteiger partial charge in [-0.2, -0.15) is 0 Å². The van der Waals surface area contributed by atoms with Crippen molar-refractivity contribution < 1.29 is 224 Å². The van der Waals surface area contributed by atoms with Gasteiger partial charge in [-0.3, -0.25) is 63.6 Å². The Morgan fingerprint density at radius 3 is 1.40 bits per heavy atom. The van der Waals surface area contributed by atoms with E-state index >= 15 is 0 Å². The van der Waals surface area contributed by atoms with Gasteiger partial charge in [0.15, 0.2) is 58.5 Å². The molecule has 4 aliphatic heterocycles. The lowest BCUT2D eigenvalue weighted by atomic mass is 9.92. The summed E-state index contributed by atoms with van der Waals surface area (Å²) in [7, 11) is -30.7. The van der Waals surface area contributed by atoms with E-state index in [1.54, 1.807) is 6.92 Å². The molecule has 13 unspecified atom stereocenters. The Balaban J connectivity index is 1.09. The van der Waals surface area contributed by atoms with Gasteiger partial charge < -0.3 is 143 Å². The minimum Gasteiger partial charge on any atom is -0.396 e. The first-order valence-electron chi connectivity index (χ1n) is 34.7. The van der Waals surface area contributed by atoms with Crippen molar-refractivity contribution in [2.75, 3.05) is 146 Å². The monoisotopic (exact) mass is 1780 g/mol. The zero-order valence-electron chi connectivity index (χ0n) is 62.2. The zero-order chi connectivity index (χ0) is 84.4. The number of aliphatic hydroxyl groups excluding tert-OH is 10. The highest BCUT2D eigenvalue weighted by Crippen LogP contribution is 2.52. The number of phosphoric acid groups is 6. The van der Waals surface area contributed by atoms with Crippen molar-refractivity contribution in [3.05, 3.63) is 18.3 Å². The number of rotatable bonds is 56. The summed E-state index contributed by atoms with van der Waals surface area (Å²) in [6.45, 7) is -9.91. The zero-order valence-corrected chi connectivity index (χ0v) is 67.6. The van der Waals surface area contributed by atoms with Gasteiger partial charge in [0, 0.05) is 31.1 Å². The summed E-state index contributed by atoms with van der Waals surface area (Å²) >= 11 is 0. The quantitative estimate of drug-likeness (QED) is 0.0174. The third kappa shape index (κ3) is 32.9. The lowest BCUT2D eigenvalue weighted by Gasteiger charge is -2.42. The van der Waals surface area contributed by atoms with Crippen LogP contribution in [0.2, 0.25) is 0 Å². The van der Waals surface area contributed by atoms with Crippen LogP contribution in [0, 0.1) is 30.1 Å². The predicted octanol–water partition coefficient (Wildman–Crippen LogP) is -3.39. The second kappa shape index (κ2) is 47.4. The number of nitrogens with one attached hydrogen (secondary N) is 1. The smallest absolute Gasteiger partial charge is 0.396 e. The van der Waals surface area contributed by atoms with Crippen LogP contribution in [-0.4, -0.2) is 350 Å². The summed E-state index contributed by atoms with van der Waals surface area (Å²) in [6.07, 6.45) is -19.1. The highest BCUT2D eigenvalue weighted by Gasteiger charge is 2.49. The number of carbonyl (C=O) groups is 1. The van der Waals surface area contributed by atoms with E-state index < -0.39 is 327 Å². The minimum atomic E-state index is -5.44. The van der Waals surface area contributed by atoms with Crippen LogP contribution in [0.4, 0.5) is 0 Å². The van der Waals surface area contributed by atoms with Crippen LogP contribution in [0.1, 0.15) is 53.0 Å². The maximum absolute atomic E-state index is 13.6. The van der Waals surface area contributed by atoms with E-state index in [-0.39, 0.29) is 6.42 Å². The van der Waals surface area contributed by atoms with E-state index in [9.17, 15) is 113 Å². The van der Waals surface area contributed by atoms with Crippen LogP contribution in [0.25, 0.3) is 11.2 Å². The Morgan fingerprint density at radius 2 is 0.956 bits per heavy atom. The number of amides is 1. The van der Waals surface area contributed by atoms with E-state index in [2.05, 4.69) is 20.3 Å². The van der Waals surface area contributed by atoms with Gasteiger partial charge in [0.1, 0.15) is 79.0 Å². The van der Waals surface area contributed by atoms with E-state index in [1.165, 1.54) is 44.9 Å². The SMILES string of the molecule is CC(=O)NC1[C@H](OCCOP(=O)(O)OCOCC(COCOP(=O)(O)OCCO[C@@H]2OC(CO)[C@H](O)[C@H](O)C2C)(COCOP(=O)(O)OCCO[C@@H]2OC(CO)[C@H](O)[C@H](O)C2C)COP(=O)(O)OCOCC(CO)COCOP(=O)(O)O[C@H]2C[C@H](n3cnc4c(C)ncnc43)O[C@@H]2COP(=O)(O)OC(C)C)OC(CO)[C@H](O)[C@@H]1O. The minimum absolute atomic E-state index is 0.190. The van der Waals surface area contributed by atoms with Gasteiger partial charge in [0.25, 0.3) is 0 Å². The van der Waals surface area contributed by atoms with Crippen LogP contribution in [-0.2, 0) is 143 Å². The normalized spacial score (nSPS) is 31.0. The van der Waals surface area contributed by atoms with Gasteiger partial charge in [-0.25, -0.2) is 42.3 Å². The summed E-state index contributed by atoms with van der Waals surface area (Å²) in [5, 5.41) is 103. The molecular formula is C56H103N5O47P6. The predicted molar refractivity (Wildman–Crippen MR) is 368 cm³/mol. The second-order valence-electron chi connectivity index (χ2n) is 26.1. The van der Waals surface area contributed by atoms with Crippen molar-refractivity contribution in [3.63, 3.8) is 0 Å². The lowest BCUT2D eigenvalue weighted by molar-refractivity contribution is -0.283. The van der Waals surface area contributed by atoms with Crippen molar-refractivity contribution >= 4 is 64.0 Å². The van der Waals surface area contributed by atoms with Crippen LogP contribution >= 0.6 is 46.9 Å². The van der Waals surface area contributed by atoms with E-state index in [0.29, 0.717) is 16.9 Å². The van der Waals surface area contributed by atoms with Gasteiger partial charge in [-0.05, 0) is 20.8 Å². The van der Waals surface area contributed by atoms with Crippen molar-refractivity contribution in [2.24, 2.45) is 23.2 Å². The van der Waals surface area contributed by atoms with Crippen LogP contribution in [0.5, 0.6) is 0 Å². The van der Waals surface area contributed by atoms with Crippen molar-refractivity contribution in [3.8, 4) is 0 Å². The first-order valence-corrected chi connectivity index (χ1v) is 43.6. The Hall–Kier alpha value is -2.20. The molecule has 58 heteroatoms. The molecule has 6 rings (SSSR count). The first kappa shape index (κ1) is 101. The van der Waals surface area contributed by atoms with Crippen LogP contribution in [0.3, 0.4) is 0 Å². The molecule has 2 aromatic heterocycles. The number of nitrogens with zero attached hydrogens (tertiary/aromatic N) is 4. The molecule has 4 saturated heterocycles. The van der Waals surface area contributed by atoms with Crippen molar-refractivity contribution in [2.45, 2.75) is 152 Å². The molecule has 664 valence electrons. The van der Waals surface area contributed by atoms with Gasteiger partial charge >= 0.3 is 46.9 Å². The highest BCUT2D eigenvalue weighted by molar-refractivity contribution is 7.48. The van der Waals surface area contributed by atoms with E-state index in [1.807, 2.05) is 0 Å². The number of aromatic nitrogens is 4. The molecule has 0 bridgehead atoms. The van der Waals surface area contributed by atoms with Gasteiger partial charge in [-0.1, -0.05) is 13.8 Å². The molecule has 114 heavy (non-hydrogen) atoms. The molecule has 25 atom stereocenters. The number of ether oxygens (including phenoxy) is 12. The summed E-state index contributed by atoms with van der Waals surface area (Å²) in [6, 6.07) is -1.42. The Morgan fingerprint density at radius 1 is 0.526 bits per heavy atom. The number of fused-ring (bicyclic) bond motifs is 1. The molecule has 6 heterocycles. The molecule has 1 amide bonds. The number of carbonyl (C=O) groups excluding carboxylic acids is 1. The van der Waals surface area contributed by atoms with Gasteiger partial charge in [0.05, 0.1) is 148 Å². The summed E-state index contributed by atoms with van der Waals surface area (Å²) < 4.78 is 207. The average Bonchev–Trinajstić information content (AvgIpc) is 1.63. The maximum atomic E-state index is 13.6. The molecule has 0 aromatic carbocycles. The van der Waals surface area contributed by atoms with E-state index in [4.69, 9.17) is 111 Å². The third-order valence-corrected chi connectivity index (χ3v) is 22.6. The highest BCUT2D eigenvalue weighted by atomic mass is 31.2. The number of imidazole rings is 1. The molecule has 4 fully saturated rings. The average molecular weight is 1780 g/mol. The van der Waals surface area contributed by atoms with Gasteiger partial charge in [0.2, 0.25) is 5.91 Å². The topological polar surface area (TPSA) is 720 Å². The fourth-order valence-corrected chi connectivity index (χ4v) is 15.1. The number of aryl methyl sites for hydroxylation is 1. The van der Waals surface area contributed by atoms with Crippen LogP contribution < -0.4 is 5.32 Å². The second-order valence-corrected chi connectivity index (χ2v) is 34.7. The van der Waals surface area contributed by atoms with Gasteiger partial charge in [-0.15, -0.1) is 0 Å². The molecule has 0 radical (unpaired) electrons. The fourth-order valence-electron chi connectivity index (χ4n) is 10.9. The molecule has 52 nitrogen and oxygen atoms in total. The van der Waals surface area contributed by atoms with Crippen LogP contribution in [0.15, 0.2) is 12.7 Å². The molecule has 0 spiro atoms. The maximum Gasteiger partial charge on any atom is 0.474 e. The number of hydrogen-bond donors (Lipinski definition) is 17. The number of aliphatic hydroxyl groups is 10. The summed E-state index contributed by atoms with van der Waals surface area (Å²) in [5.41, 5.74) is -0.952.